The van der Waals surface area contributed by atoms with Gasteiger partial charge in [-0.05, 0) is 40.6 Å². The highest BCUT2D eigenvalue weighted by atomic mass is 79.9. The third-order valence-corrected chi connectivity index (χ3v) is 4.14. The maximum atomic E-state index is 11.0. The minimum Gasteiger partial charge on any atom is -0.350 e. The predicted molar refractivity (Wildman–Crippen MR) is 67.1 cm³/mol. The van der Waals surface area contributed by atoms with Gasteiger partial charge in [0, 0.05) is 29.8 Å². The molecule has 1 saturated heterocycles. The highest BCUT2D eigenvalue weighted by Gasteiger charge is 2.48. The second-order valence-electron chi connectivity index (χ2n) is 4.92. The number of rotatable bonds is 2. The van der Waals surface area contributed by atoms with E-state index in [2.05, 4.69) is 25.8 Å². The molecule has 2 heterocycles. The molecule has 0 amide bonds. The fourth-order valence-electron chi connectivity index (χ4n) is 2.50. The van der Waals surface area contributed by atoms with E-state index in [0.717, 1.165) is 19.5 Å². The lowest BCUT2D eigenvalue weighted by Gasteiger charge is -2.17. The van der Waals surface area contributed by atoms with Crippen molar-refractivity contribution in [2.45, 2.75) is 19.3 Å². The van der Waals surface area contributed by atoms with Crippen molar-refractivity contribution in [3.05, 3.63) is 26.9 Å². The van der Waals surface area contributed by atoms with E-state index in [1.54, 1.807) is 6.20 Å². The summed E-state index contributed by atoms with van der Waals surface area (Å²) in [5.74, 6) is 0.516. The molecule has 0 atom stereocenters. The molecule has 3 rings (SSSR count). The SMILES string of the molecule is O=[N+]([O-])c1cc(Br)cnc1N1CCC2(CC2)C1. The molecular formula is C11H12BrN3O2. The number of hydrogen-bond donors (Lipinski definition) is 0. The molecule has 6 heteroatoms. The lowest BCUT2D eigenvalue weighted by Crippen LogP contribution is -2.22. The Kier molecular flexibility index (Phi) is 2.36. The zero-order valence-electron chi connectivity index (χ0n) is 9.23. The Morgan fingerprint density at radius 2 is 2.24 bits per heavy atom. The zero-order chi connectivity index (χ0) is 12.0. The summed E-state index contributed by atoms with van der Waals surface area (Å²) < 4.78 is 0.647. The van der Waals surface area contributed by atoms with E-state index in [9.17, 15) is 10.1 Å². The normalized spacial score (nSPS) is 20.9. The molecule has 90 valence electrons. The summed E-state index contributed by atoms with van der Waals surface area (Å²) in [4.78, 5) is 16.9. The first kappa shape index (κ1) is 11.0. The van der Waals surface area contributed by atoms with Crippen molar-refractivity contribution in [2.24, 2.45) is 5.41 Å². The van der Waals surface area contributed by atoms with Crippen molar-refractivity contribution in [3.8, 4) is 0 Å². The van der Waals surface area contributed by atoms with E-state index in [0.29, 0.717) is 15.7 Å². The Hall–Kier alpha value is -1.17. The molecule has 5 nitrogen and oxygen atoms in total. The van der Waals surface area contributed by atoms with Crippen LogP contribution in [-0.4, -0.2) is 23.0 Å². The van der Waals surface area contributed by atoms with Crippen LogP contribution in [-0.2, 0) is 0 Å². The number of hydrogen-bond acceptors (Lipinski definition) is 4. The van der Waals surface area contributed by atoms with Gasteiger partial charge in [-0.2, -0.15) is 0 Å². The monoisotopic (exact) mass is 297 g/mol. The van der Waals surface area contributed by atoms with Crippen LogP contribution in [0.3, 0.4) is 0 Å². The Balaban J connectivity index is 1.94. The maximum absolute atomic E-state index is 11.0. The summed E-state index contributed by atoms with van der Waals surface area (Å²) in [5, 5.41) is 11.0. The first-order valence-electron chi connectivity index (χ1n) is 5.65. The number of nitro groups is 1. The van der Waals surface area contributed by atoms with E-state index >= 15 is 0 Å². The fraction of sp³-hybridized carbons (Fsp3) is 0.545. The standard InChI is InChI=1S/C11H12BrN3O2/c12-8-5-9(15(16)17)10(13-6-8)14-4-3-11(7-14)1-2-11/h5-6H,1-4,7H2. The number of halogens is 1. The molecule has 1 aromatic heterocycles. The topological polar surface area (TPSA) is 59.3 Å². The summed E-state index contributed by atoms with van der Waals surface area (Å²) in [5.41, 5.74) is 0.542. The Labute approximate surface area is 107 Å². The van der Waals surface area contributed by atoms with Crippen molar-refractivity contribution in [1.82, 2.24) is 4.98 Å². The first-order valence-corrected chi connectivity index (χ1v) is 6.44. The highest BCUT2D eigenvalue weighted by molar-refractivity contribution is 9.10. The van der Waals surface area contributed by atoms with Crippen molar-refractivity contribution in [2.75, 3.05) is 18.0 Å². The van der Waals surface area contributed by atoms with Gasteiger partial charge >= 0.3 is 5.69 Å². The number of nitrogens with zero attached hydrogens (tertiary/aromatic N) is 3. The molecule has 2 aliphatic rings. The molecule has 0 unspecified atom stereocenters. The van der Waals surface area contributed by atoms with Crippen molar-refractivity contribution in [3.63, 3.8) is 0 Å². The minimum atomic E-state index is -0.356. The second-order valence-corrected chi connectivity index (χ2v) is 5.84. The van der Waals surface area contributed by atoms with Crippen LogP contribution >= 0.6 is 15.9 Å². The zero-order valence-corrected chi connectivity index (χ0v) is 10.8. The molecular weight excluding hydrogens is 286 g/mol. The summed E-state index contributed by atoms with van der Waals surface area (Å²) >= 11 is 3.22. The minimum absolute atomic E-state index is 0.0945. The van der Waals surface area contributed by atoms with Crippen LogP contribution in [0, 0.1) is 15.5 Å². The molecule has 0 aromatic carbocycles. The fourth-order valence-corrected chi connectivity index (χ4v) is 2.82. The lowest BCUT2D eigenvalue weighted by atomic mass is 10.1. The molecule has 0 radical (unpaired) electrons. The van der Waals surface area contributed by atoms with Gasteiger partial charge in [0.15, 0.2) is 0 Å². The van der Waals surface area contributed by atoms with Gasteiger partial charge in [-0.3, -0.25) is 10.1 Å². The molecule has 1 aliphatic heterocycles. The van der Waals surface area contributed by atoms with Gasteiger partial charge in [-0.25, -0.2) is 4.98 Å². The largest absolute Gasteiger partial charge is 0.350 e. The summed E-state index contributed by atoms with van der Waals surface area (Å²) in [7, 11) is 0. The Bertz CT molecular complexity index is 488. The van der Waals surface area contributed by atoms with Gasteiger partial charge in [-0.1, -0.05) is 0 Å². The van der Waals surface area contributed by atoms with E-state index in [1.807, 2.05) is 0 Å². The van der Waals surface area contributed by atoms with E-state index in [-0.39, 0.29) is 10.6 Å². The summed E-state index contributed by atoms with van der Waals surface area (Å²) in [6.45, 7) is 1.80. The van der Waals surface area contributed by atoms with E-state index in [4.69, 9.17) is 0 Å². The smallest absolute Gasteiger partial charge is 0.312 e. The number of aromatic nitrogens is 1. The Morgan fingerprint density at radius 3 is 2.82 bits per heavy atom. The van der Waals surface area contributed by atoms with Crippen molar-refractivity contribution >= 4 is 27.4 Å². The number of pyridine rings is 1. The molecule has 1 spiro atoms. The van der Waals surface area contributed by atoms with Crippen LogP contribution in [0.5, 0.6) is 0 Å². The first-order chi connectivity index (χ1) is 8.10. The van der Waals surface area contributed by atoms with Gasteiger partial charge in [0.25, 0.3) is 0 Å². The molecule has 0 N–H and O–H groups in total. The van der Waals surface area contributed by atoms with Crippen LogP contribution in [0.1, 0.15) is 19.3 Å². The quantitative estimate of drug-likeness (QED) is 0.622. The summed E-state index contributed by atoms with van der Waals surface area (Å²) in [6.07, 6.45) is 5.28. The van der Waals surface area contributed by atoms with Crippen LogP contribution in [0.4, 0.5) is 11.5 Å². The second kappa shape index (κ2) is 3.66. The third-order valence-electron chi connectivity index (χ3n) is 3.71. The molecule has 17 heavy (non-hydrogen) atoms. The molecule has 0 bridgehead atoms. The summed E-state index contributed by atoms with van der Waals surface area (Å²) in [6, 6.07) is 1.53. The lowest BCUT2D eigenvalue weighted by molar-refractivity contribution is -0.384. The molecule has 1 aromatic rings. The maximum Gasteiger partial charge on any atom is 0.312 e. The van der Waals surface area contributed by atoms with Gasteiger partial charge in [-0.15, -0.1) is 0 Å². The van der Waals surface area contributed by atoms with Crippen molar-refractivity contribution < 1.29 is 4.92 Å². The molecule has 1 aliphatic carbocycles. The van der Waals surface area contributed by atoms with Gasteiger partial charge in [0.2, 0.25) is 5.82 Å². The predicted octanol–water partition coefficient (Wildman–Crippen LogP) is 2.74. The van der Waals surface area contributed by atoms with Crippen LogP contribution in [0.25, 0.3) is 0 Å². The van der Waals surface area contributed by atoms with Crippen LogP contribution < -0.4 is 4.90 Å². The third kappa shape index (κ3) is 1.90. The average molecular weight is 298 g/mol. The van der Waals surface area contributed by atoms with Crippen LogP contribution in [0.15, 0.2) is 16.7 Å². The number of anilines is 1. The van der Waals surface area contributed by atoms with Gasteiger partial charge in [0.05, 0.1) is 4.92 Å². The molecule has 1 saturated carbocycles. The molecule has 2 fully saturated rings. The van der Waals surface area contributed by atoms with Gasteiger partial charge < -0.3 is 4.90 Å². The van der Waals surface area contributed by atoms with Gasteiger partial charge in [0.1, 0.15) is 0 Å². The average Bonchev–Trinajstić information content (AvgIpc) is 2.90. The Morgan fingerprint density at radius 1 is 1.47 bits per heavy atom. The van der Waals surface area contributed by atoms with E-state index < -0.39 is 0 Å². The van der Waals surface area contributed by atoms with Crippen molar-refractivity contribution in [1.29, 1.82) is 0 Å². The van der Waals surface area contributed by atoms with Crippen LogP contribution in [0.2, 0.25) is 0 Å². The highest BCUT2D eigenvalue weighted by Crippen LogP contribution is 2.53. The van der Waals surface area contributed by atoms with E-state index in [1.165, 1.54) is 18.9 Å².